The van der Waals surface area contributed by atoms with Crippen molar-refractivity contribution in [3.8, 4) is 0 Å². The molecule has 1 saturated heterocycles. The van der Waals surface area contributed by atoms with E-state index < -0.39 is 0 Å². The molecule has 2 heterocycles. The summed E-state index contributed by atoms with van der Waals surface area (Å²) in [5.41, 5.74) is 1.81. The van der Waals surface area contributed by atoms with E-state index in [0.717, 1.165) is 36.0 Å². The minimum atomic E-state index is -0.206. The zero-order chi connectivity index (χ0) is 13.9. The van der Waals surface area contributed by atoms with Gasteiger partial charge in [0.15, 0.2) is 0 Å². The molecule has 1 aliphatic rings. The second-order valence-corrected chi connectivity index (χ2v) is 4.85. The molecule has 1 aliphatic heterocycles. The maximum Gasteiger partial charge on any atom is 0.328 e. The smallest absolute Gasteiger partial charge is 0.328 e. The third kappa shape index (κ3) is 2.19. The van der Waals surface area contributed by atoms with E-state index in [2.05, 4.69) is 15.1 Å². The summed E-state index contributed by atoms with van der Waals surface area (Å²) < 4.78 is 5.17. The van der Waals surface area contributed by atoms with Crippen LogP contribution in [0, 0.1) is 0 Å². The standard InChI is InChI=1S/C15H17N3O2/c1-2-20-15(19)13-8-5-9-18(13)14-10-16-17-12-7-4-3-6-11(12)14/h3-4,6-7,10,13H,2,5,8-9H2,1H3. The summed E-state index contributed by atoms with van der Waals surface area (Å²) in [4.78, 5) is 14.2. The molecular formula is C15H17N3O2. The van der Waals surface area contributed by atoms with Crippen LogP contribution in [0.5, 0.6) is 0 Å². The van der Waals surface area contributed by atoms with Crippen molar-refractivity contribution in [2.75, 3.05) is 18.1 Å². The number of esters is 1. The molecule has 0 amide bonds. The molecule has 2 aromatic rings. The molecule has 1 aromatic heterocycles. The molecule has 5 heteroatoms. The van der Waals surface area contributed by atoms with Crippen molar-refractivity contribution in [1.29, 1.82) is 0 Å². The number of hydrogen-bond donors (Lipinski definition) is 0. The molecule has 1 aromatic carbocycles. The molecule has 5 nitrogen and oxygen atoms in total. The first-order chi connectivity index (χ1) is 9.81. The highest BCUT2D eigenvalue weighted by Crippen LogP contribution is 2.31. The monoisotopic (exact) mass is 271 g/mol. The number of carbonyl (C=O) groups is 1. The number of carbonyl (C=O) groups excluding carboxylic acids is 1. The van der Waals surface area contributed by atoms with Crippen molar-refractivity contribution in [3.05, 3.63) is 30.5 Å². The van der Waals surface area contributed by atoms with Crippen LogP contribution in [0.15, 0.2) is 30.5 Å². The Morgan fingerprint density at radius 3 is 3.15 bits per heavy atom. The van der Waals surface area contributed by atoms with Gasteiger partial charge in [-0.05, 0) is 25.8 Å². The Bertz CT molecular complexity index is 624. The zero-order valence-electron chi connectivity index (χ0n) is 11.5. The Labute approximate surface area is 117 Å². The number of nitrogens with zero attached hydrogens (tertiary/aromatic N) is 3. The van der Waals surface area contributed by atoms with Crippen molar-refractivity contribution in [3.63, 3.8) is 0 Å². The van der Waals surface area contributed by atoms with Gasteiger partial charge in [0.1, 0.15) is 6.04 Å². The van der Waals surface area contributed by atoms with Crippen LogP contribution in [-0.4, -0.2) is 35.4 Å². The van der Waals surface area contributed by atoms with Crippen molar-refractivity contribution in [1.82, 2.24) is 10.2 Å². The molecular weight excluding hydrogens is 254 g/mol. The SMILES string of the molecule is CCOC(=O)C1CCCN1c1cnnc2ccccc12. The maximum atomic E-state index is 12.1. The van der Waals surface area contributed by atoms with Crippen LogP contribution in [0.3, 0.4) is 0 Å². The third-order valence-electron chi connectivity index (χ3n) is 3.65. The number of benzene rings is 1. The van der Waals surface area contributed by atoms with Crippen molar-refractivity contribution < 1.29 is 9.53 Å². The van der Waals surface area contributed by atoms with Gasteiger partial charge in [-0.1, -0.05) is 18.2 Å². The Kier molecular flexibility index (Phi) is 3.50. The highest BCUT2D eigenvalue weighted by atomic mass is 16.5. The molecule has 0 saturated carbocycles. The van der Waals surface area contributed by atoms with Gasteiger partial charge >= 0.3 is 5.97 Å². The van der Waals surface area contributed by atoms with Crippen LogP contribution in [-0.2, 0) is 9.53 Å². The van der Waals surface area contributed by atoms with Gasteiger partial charge in [-0.2, -0.15) is 10.2 Å². The van der Waals surface area contributed by atoms with Gasteiger partial charge in [0, 0.05) is 11.9 Å². The number of rotatable bonds is 3. The summed E-state index contributed by atoms with van der Waals surface area (Å²) >= 11 is 0. The van der Waals surface area contributed by atoms with Crippen molar-refractivity contribution in [2.24, 2.45) is 0 Å². The summed E-state index contributed by atoms with van der Waals surface area (Å²) in [7, 11) is 0. The number of hydrogen-bond acceptors (Lipinski definition) is 5. The maximum absolute atomic E-state index is 12.1. The number of aromatic nitrogens is 2. The summed E-state index contributed by atoms with van der Waals surface area (Å²) in [5, 5.41) is 9.21. The fraction of sp³-hybridized carbons (Fsp3) is 0.400. The van der Waals surface area contributed by atoms with E-state index in [-0.39, 0.29) is 12.0 Å². The van der Waals surface area contributed by atoms with Crippen LogP contribution in [0.4, 0.5) is 5.69 Å². The highest BCUT2D eigenvalue weighted by Gasteiger charge is 2.33. The van der Waals surface area contributed by atoms with Crippen LogP contribution in [0.25, 0.3) is 10.9 Å². The topological polar surface area (TPSA) is 55.3 Å². The average Bonchev–Trinajstić information content (AvgIpc) is 2.96. The molecule has 1 unspecified atom stereocenters. The average molecular weight is 271 g/mol. The summed E-state index contributed by atoms with van der Waals surface area (Å²) in [6.45, 7) is 3.10. The van der Waals surface area contributed by atoms with Gasteiger partial charge < -0.3 is 9.64 Å². The molecule has 0 aliphatic carbocycles. The molecule has 3 rings (SSSR count). The first-order valence-corrected chi connectivity index (χ1v) is 6.95. The van der Waals surface area contributed by atoms with Crippen LogP contribution in [0.1, 0.15) is 19.8 Å². The minimum Gasteiger partial charge on any atom is -0.464 e. The Hall–Kier alpha value is -2.17. The Morgan fingerprint density at radius 1 is 1.45 bits per heavy atom. The highest BCUT2D eigenvalue weighted by molar-refractivity contribution is 5.93. The largest absolute Gasteiger partial charge is 0.464 e. The van der Waals surface area contributed by atoms with Gasteiger partial charge in [0.2, 0.25) is 0 Å². The summed E-state index contributed by atoms with van der Waals surface area (Å²) in [5.74, 6) is -0.147. The third-order valence-corrected chi connectivity index (χ3v) is 3.65. The van der Waals surface area contributed by atoms with Gasteiger partial charge in [-0.3, -0.25) is 0 Å². The van der Waals surface area contributed by atoms with E-state index in [0.29, 0.717) is 6.61 Å². The quantitative estimate of drug-likeness (QED) is 0.801. The van der Waals surface area contributed by atoms with E-state index in [4.69, 9.17) is 4.74 Å². The summed E-state index contributed by atoms with van der Waals surface area (Å²) in [6, 6.07) is 7.65. The lowest BCUT2D eigenvalue weighted by Crippen LogP contribution is -2.37. The fourth-order valence-corrected chi connectivity index (χ4v) is 2.76. The fourth-order valence-electron chi connectivity index (χ4n) is 2.76. The first kappa shape index (κ1) is 12.8. The number of anilines is 1. The van der Waals surface area contributed by atoms with E-state index >= 15 is 0 Å². The molecule has 104 valence electrons. The molecule has 0 radical (unpaired) electrons. The molecule has 0 N–H and O–H groups in total. The Balaban J connectivity index is 1.99. The van der Waals surface area contributed by atoms with E-state index in [1.54, 1.807) is 6.20 Å². The van der Waals surface area contributed by atoms with Gasteiger partial charge in [0.25, 0.3) is 0 Å². The lowest BCUT2D eigenvalue weighted by Gasteiger charge is -2.25. The molecule has 0 spiro atoms. The molecule has 0 bridgehead atoms. The minimum absolute atomic E-state index is 0.147. The van der Waals surface area contributed by atoms with Gasteiger partial charge in [0.05, 0.1) is 24.0 Å². The lowest BCUT2D eigenvalue weighted by atomic mass is 10.1. The molecule has 20 heavy (non-hydrogen) atoms. The summed E-state index contributed by atoms with van der Waals surface area (Å²) in [6.07, 6.45) is 3.55. The van der Waals surface area contributed by atoms with Crippen LogP contribution in [0.2, 0.25) is 0 Å². The van der Waals surface area contributed by atoms with Crippen molar-refractivity contribution >= 4 is 22.6 Å². The Morgan fingerprint density at radius 2 is 2.30 bits per heavy atom. The van der Waals surface area contributed by atoms with Crippen molar-refractivity contribution in [2.45, 2.75) is 25.8 Å². The number of fused-ring (bicyclic) bond motifs is 1. The van der Waals surface area contributed by atoms with E-state index in [9.17, 15) is 4.79 Å². The van der Waals surface area contributed by atoms with Gasteiger partial charge in [-0.25, -0.2) is 4.79 Å². The van der Waals surface area contributed by atoms with Gasteiger partial charge in [-0.15, -0.1) is 0 Å². The first-order valence-electron chi connectivity index (χ1n) is 6.95. The van der Waals surface area contributed by atoms with E-state index in [1.807, 2.05) is 31.2 Å². The molecule has 1 atom stereocenters. The number of ether oxygens (including phenoxy) is 1. The predicted octanol–water partition coefficient (Wildman–Crippen LogP) is 2.16. The normalized spacial score (nSPS) is 18.4. The lowest BCUT2D eigenvalue weighted by molar-refractivity contribution is -0.144. The van der Waals surface area contributed by atoms with Crippen LogP contribution >= 0.6 is 0 Å². The van der Waals surface area contributed by atoms with Crippen LogP contribution < -0.4 is 4.90 Å². The zero-order valence-corrected chi connectivity index (χ0v) is 11.5. The second kappa shape index (κ2) is 5.45. The van der Waals surface area contributed by atoms with E-state index in [1.165, 1.54) is 0 Å². The second-order valence-electron chi connectivity index (χ2n) is 4.85. The molecule has 1 fully saturated rings. The predicted molar refractivity (Wildman–Crippen MR) is 76.5 cm³/mol.